The smallest absolute Gasteiger partial charge is 0.135 e. The lowest BCUT2D eigenvalue weighted by molar-refractivity contribution is 0.0845. The van der Waals surface area contributed by atoms with Crippen LogP contribution in [0, 0.1) is 0 Å². The molecule has 0 heterocycles. The van der Waals surface area contributed by atoms with E-state index < -0.39 is 0 Å². The van der Waals surface area contributed by atoms with E-state index in [4.69, 9.17) is 21.1 Å². The lowest BCUT2D eigenvalue weighted by atomic mass is 10.2. The fourth-order valence-corrected chi connectivity index (χ4v) is 2.18. The minimum atomic E-state index is -0.352. The van der Waals surface area contributed by atoms with Crippen molar-refractivity contribution in [1.29, 1.82) is 0 Å². The van der Waals surface area contributed by atoms with Gasteiger partial charge in [0.15, 0.2) is 0 Å². The molecule has 5 heteroatoms. The lowest BCUT2D eigenvalue weighted by Gasteiger charge is -2.27. The predicted molar refractivity (Wildman–Crippen MR) is 87.0 cm³/mol. The zero-order valence-electron chi connectivity index (χ0n) is 11.9. The summed E-state index contributed by atoms with van der Waals surface area (Å²) < 4.78 is 12.3. The normalized spacial score (nSPS) is 11.9. The van der Waals surface area contributed by atoms with Crippen LogP contribution in [0.4, 0.5) is 0 Å². The highest BCUT2D eigenvalue weighted by Gasteiger charge is 2.23. The Morgan fingerprint density at radius 3 is 2.58 bits per heavy atom. The molecule has 0 saturated carbocycles. The SMILES string of the molecule is C[Si](C)C(C)(C)COCCOc1cc(Cl)ccc1Br. The van der Waals surface area contributed by atoms with Crippen LogP contribution in [0.3, 0.4) is 0 Å². The quantitative estimate of drug-likeness (QED) is 0.499. The molecule has 0 fully saturated rings. The van der Waals surface area contributed by atoms with E-state index >= 15 is 0 Å². The van der Waals surface area contributed by atoms with Crippen LogP contribution >= 0.6 is 27.5 Å². The van der Waals surface area contributed by atoms with Gasteiger partial charge in [0, 0.05) is 11.6 Å². The molecular weight excluding hydrogens is 344 g/mol. The van der Waals surface area contributed by atoms with E-state index in [0.29, 0.717) is 23.3 Å². The molecule has 0 atom stereocenters. The number of halogens is 2. The first-order valence-corrected chi connectivity index (χ1v) is 9.96. The second kappa shape index (κ2) is 7.67. The van der Waals surface area contributed by atoms with Crippen LogP contribution in [0.1, 0.15) is 13.8 Å². The summed E-state index contributed by atoms with van der Waals surface area (Å²) in [5.41, 5.74) is 0. The maximum absolute atomic E-state index is 5.92. The van der Waals surface area contributed by atoms with E-state index in [1.807, 2.05) is 12.1 Å². The van der Waals surface area contributed by atoms with Crippen molar-refractivity contribution in [3.8, 4) is 5.75 Å². The Kier molecular flexibility index (Phi) is 6.87. The van der Waals surface area contributed by atoms with Crippen LogP contribution in [0.25, 0.3) is 0 Å². The molecule has 107 valence electrons. The number of hydrogen-bond acceptors (Lipinski definition) is 2. The van der Waals surface area contributed by atoms with E-state index in [9.17, 15) is 0 Å². The Hall–Kier alpha value is -0.0331. The van der Waals surface area contributed by atoms with Crippen molar-refractivity contribution in [1.82, 2.24) is 0 Å². The molecule has 19 heavy (non-hydrogen) atoms. The van der Waals surface area contributed by atoms with Gasteiger partial charge in [0.2, 0.25) is 0 Å². The third kappa shape index (κ3) is 5.86. The van der Waals surface area contributed by atoms with Gasteiger partial charge in [-0.05, 0) is 39.2 Å². The van der Waals surface area contributed by atoms with Crippen LogP contribution in [-0.4, -0.2) is 28.6 Å². The van der Waals surface area contributed by atoms with Gasteiger partial charge in [0.05, 0.1) is 19.9 Å². The van der Waals surface area contributed by atoms with Crippen molar-refractivity contribution in [2.24, 2.45) is 0 Å². The summed E-state index contributed by atoms with van der Waals surface area (Å²) >= 11 is 9.35. The lowest BCUT2D eigenvalue weighted by Crippen LogP contribution is -2.27. The largest absolute Gasteiger partial charge is 0.490 e. The van der Waals surface area contributed by atoms with Gasteiger partial charge in [0.25, 0.3) is 0 Å². The molecule has 2 nitrogen and oxygen atoms in total. The van der Waals surface area contributed by atoms with Gasteiger partial charge < -0.3 is 9.47 Å². The molecule has 0 aliphatic carbocycles. The fraction of sp³-hybridized carbons (Fsp3) is 0.571. The molecule has 0 bridgehead atoms. The zero-order valence-corrected chi connectivity index (χ0v) is 15.3. The first kappa shape index (κ1) is 17.0. The Morgan fingerprint density at radius 2 is 1.95 bits per heavy atom. The number of rotatable bonds is 7. The minimum absolute atomic E-state index is 0.293. The Balaban J connectivity index is 2.30. The number of hydrogen-bond donors (Lipinski definition) is 0. The molecule has 0 aliphatic rings. The summed E-state index contributed by atoms with van der Waals surface area (Å²) in [4.78, 5) is 0. The maximum atomic E-state index is 5.92. The van der Waals surface area contributed by atoms with E-state index in [0.717, 1.165) is 16.8 Å². The molecule has 0 amide bonds. The minimum Gasteiger partial charge on any atom is -0.490 e. The van der Waals surface area contributed by atoms with Crippen molar-refractivity contribution in [3.05, 3.63) is 27.7 Å². The van der Waals surface area contributed by atoms with E-state index in [1.54, 1.807) is 6.07 Å². The molecule has 0 saturated heterocycles. The van der Waals surface area contributed by atoms with E-state index in [2.05, 4.69) is 42.9 Å². The van der Waals surface area contributed by atoms with Crippen LogP contribution in [-0.2, 0) is 4.74 Å². The third-order valence-corrected chi connectivity index (χ3v) is 6.94. The zero-order chi connectivity index (χ0) is 14.5. The summed E-state index contributed by atoms with van der Waals surface area (Å²) in [5, 5.41) is 0.964. The van der Waals surface area contributed by atoms with Crippen LogP contribution in [0.2, 0.25) is 23.2 Å². The molecule has 1 rings (SSSR count). The van der Waals surface area contributed by atoms with Gasteiger partial charge in [-0.2, -0.15) is 0 Å². The molecule has 0 N–H and O–H groups in total. The first-order chi connectivity index (χ1) is 8.83. The first-order valence-electron chi connectivity index (χ1n) is 6.29. The summed E-state index contributed by atoms with van der Waals surface area (Å²) in [6.07, 6.45) is 0. The molecule has 1 radical (unpaired) electrons. The maximum Gasteiger partial charge on any atom is 0.135 e. The van der Waals surface area contributed by atoms with Crippen LogP contribution in [0.15, 0.2) is 22.7 Å². The van der Waals surface area contributed by atoms with Crippen molar-refractivity contribution < 1.29 is 9.47 Å². The fourth-order valence-electron chi connectivity index (χ4n) is 1.27. The van der Waals surface area contributed by atoms with E-state index in [1.165, 1.54) is 0 Å². The Bertz CT molecular complexity index is 410. The molecule has 1 aromatic carbocycles. The summed E-state index contributed by atoms with van der Waals surface area (Å²) in [7, 11) is -0.352. The monoisotopic (exact) mass is 363 g/mol. The number of benzene rings is 1. The topological polar surface area (TPSA) is 18.5 Å². The summed E-state index contributed by atoms with van der Waals surface area (Å²) in [5.74, 6) is 0.756. The number of ether oxygens (including phenoxy) is 2. The van der Waals surface area contributed by atoms with E-state index in [-0.39, 0.29) is 8.80 Å². The summed E-state index contributed by atoms with van der Waals surface area (Å²) in [6.45, 7) is 11.1. The van der Waals surface area contributed by atoms with Crippen molar-refractivity contribution in [2.75, 3.05) is 19.8 Å². The van der Waals surface area contributed by atoms with Gasteiger partial charge in [-0.3, -0.25) is 0 Å². The Morgan fingerprint density at radius 1 is 1.26 bits per heavy atom. The van der Waals surface area contributed by atoms with Gasteiger partial charge >= 0.3 is 0 Å². The highest BCUT2D eigenvalue weighted by molar-refractivity contribution is 9.10. The van der Waals surface area contributed by atoms with Gasteiger partial charge in [-0.1, -0.05) is 38.5 Å². The average Bonchev–Trinajstić information content (AvgIpc) is 2.32. The van der Waals surface area contributed by atoms with Crippen LogP contribution < -0.4 is 4.74 Å². The van der Waals surface area contributed by atoms with Crippen molar-refractivity contribution in [3.63, 3.8) is 0 Å². The standard InChI is InChI=1S/C14H21BrClO2Si/c1-14(2,19(3)4)10-17-7-8-18-13-9-11(16)5-6-12(13)15/h5-6,9H,7-8,10H2,1-4H3. The average molecular weight is 365 g/mol. The predicted octanol–water partition coefficient (Wildman–Crippen LogP) is 5.03. The summed E-state index contributed by atoms with van der Waals surface area (Å²) in [6, 6.07) is 5.50. The molecule has 0 unspecified atom stereocenters. The second-order valence-corrected chi connectivity index (χ2v) is 10.0. The van der Waals surface area contributed by atoms with Crippen molar-refractivity contribution in [2.45, 2.75) is 32.0 Å². The molecular formula is C14H21BrClO2Si. The Labute approximate surface area is 131 Å². The van der Waals surface area contributed by atoms with Gasteiger partial charge in [-0.25, -0.2) is 0 Å². The van der Waals surface area contributed by atoms with Gasteiger partial charge in [-0.15, -0.1) is 0 Å². The molecule has 0 aliphatic heterocycles. The second-order valence-electron chi connectivity index (χ2n) is 5.36. The van der Waals surface area contributed by atoms with Crippen LogP contribution in [0.5, 0.6) is 5.75 Å². The third-order valence-electron chi connectivity index (χ3n) is 3.19. The molecule has 0 spiro atoms. The molecule has 0 aromatic heterocycles. The van der Waals surface area contributed by atoms with Crippen molar-refractivity contribution >= 4 is 36.3 Å². The highest BCUT2D eigenvalue weighted by Crippen LogP contribution is 2.29. The highest BCUT2D eigenvalue weighted by atomic mass is 79.9. The van der Waals surface area contributed by atoms with Gasteiger partial charge in [0.1, 0.15) is 12.4 Å². The molecule has 1 aromatic rings.